The van der Waals surface area contributed by atoms with Crippen molar-refractivity contribution in [3.8, 4) is 11.1 Å². The SMILES string of the molecule is Cc1ccc([C@H](CC(=O)O)NC(=O)OCC2c3ccccc3-c3ccccc32)o1. The molecule has 29 heavy (non-hydrogen) atoms. The number of furan rings is 1. The van der Waals surface area contributed by atoms with E-state index >= 15 is 0 Å². The number of aliphatic carboxylic acids is 1. The van der Waals surface area contributed by atoms with Crippen LogP contribution in [0.1, 0.15) is 41.0 Å². The molecule has 2 N–H and O–H groups in total. The third-order valence-electron chi connectivity index (χ3n) is 5.12. The summed E-state index contributed by atoms with van der Waals surface area (Å²) in [4.78, 5) is 23.6. The van der Waals surface area contributed by atoms with E-state index in [4.69, 9.17) is 14.3 Å². The van der Waals surface area contributed by atoms with Gasteiger partial charge >= 0.3 is 12.1 Å². The first-order valence-electron chi connectivity index (χ1n) is 9.42. The predicted molar refractivity (Wildman–Crippen MR) is 107 cm³/mol. The van der Waals surface area contributed by atoms with Crippen molar-refractivity contribution in [2.45, 2.75) is 25.3 Å². The third kappa shape index (κ3) is 3.87. The predicted octanol–water partition coefficient (Wildman–Crippen LogP) is 4.64. The second-order valence-electron chi connectivity index (χ2n) is 7.07. The molecule has 148 valence electrons. The van der Waals surface area contributed by atoms with Crippen LogP contribution in [0.2, 0.25) is 0 Å². The fraction of sp³-hybridized carbons (Fsp3) is 0.217. The number of carboxylic acid groups (broad SMARTS) is 1. The highest BCUT2D eigenvalue weighted by molar-refractivity contribution is 5.79. The molecule has 1 aliphatic carbocycles. The number of ether oxygens (including phenoxy) is 1. The Labute approximate surface area is 168 Å². The number of rotatable bonds is 6. The summed E-state index contributed by atoms with van der Waals surface area (Å²) in [6.45, 7) is 1.92. The van der Waals surface area contributed by atoms with Crippen molar-refractivity contribution >= 4 is 12.1 Å². The number of carboxylic acids is 1. The Bertz CT molecular complexity index is 1010. The molecular weight excluding hydrogens is 370 g/mol. The van der Waals surface area contributed by atoms with Crippen LogP contribution in [-0.2, 0) is 9.53 Å². The first-order chi connectivity index (χ1) is 14.0. The lowest BCUT2D eigenvalue weighted by atomic mass is 9.98. The summed E-state index contributed by atoms with van der Waals surface area (Å²) < 4.78 is 11.0. The Balaban J connectivity index is 1.47. The topological polar surface area (TPSA) is 88.8 Å². The van der Waals surface area contributed by atoms with Crippen LogP contribution in [0.3, 0.4) is 0 Å². The number of aryl methyl sites for hydroxylation is 1. The zero-order valence-electron chi connectivity index (χ0n) is 15.9. The summed E-state index contributed by atoms with van der Waals surface area (Å²) in [5, 5.41) is 11.8. The van der Waals surface area contributed by atoms with Crippen LogP contribution in [0.15, 0.2) is 65.1 Å². The van der Waals surface area contributed by atoms with Crippen LogP contribution in [0.4, 0.5) is 4.79 Å². The summed E-state index contributed by atoms with van der Waals surface area (Å²) in [5.41, 5.74) is 4.52. The lowest BCUT2D eigenvalue weighted by molar-refractivity contribution is -0.137. The van der Waals surface area contributed by atoms with Crippen molar-refractivity contribution in [2.24, 2.45) is 0 Å². The van der Waals surface area contributed by atoms with Crippen molar-refractivity contribution in [1.82, 2.24) is 5.32 Å². The molecule has 0 unspecified atom stereocenters. The smallest absolute Gasteiger partial charge is 0.407 e. The summed E-state index contributed by atoms with van der Waals surface area (Å²) in [6, 6.07) is 18.7. The molecule has 0 fully saturated rings. The van der Waals surface area contributed by atoms with Gasteiger partial charge < -0.3 is 19.6 Å². The number of fused-ring (bicyclic) bond motifs is 3. The number of alkyl carbamates (subject to hydrolysis) is 1. The van der Waals surface area contributed by atoms with Crippen LogP contribution in [0.5, 0.6) is 0 Å². The Morgan fingerprint density at radius 1 is 1.03 bits per heavy atom. The maximum Gasteiger partial charge on any atom is 0.407 e. The van der Waals surface area contributed by atoms with E-state index in [2.05, 4.69) is 17.4 Å². The number of amides is 1. The van der Waals surface area contributed by atoms with Crippen LogP contribution < -0.4 is 5.32 Å². The zero-order valence-corrected chi connectivity index (χ0v) is 15.9. The van der Waals surface area contributed by atoms with Gasteiger partial charge in [0.25, 0.3) is 0 Å². The Hall–Kier alpha value is -3.54. The Kier molecular flexibility index (Phi) is 5.08. The van der Waals surface area contributed by atoms with Crippen molar-refractivity contribution in [2.75, 3.05) is 6.61 Å². The van der Waals surface area contributed by atoms with Gasteiger partial charge in [0.2, 0.25) is 0 Å². The largest absolute Gasteiger partial charge is 0.481 e. The summed E-state index contributed by atoms with van der Waals surface area (Å²) in [7, 11) is 0. The van der Waals surface area contributed by atoms with Crippen LogP contribution in [0, 0.1) is 6.92 Å². The average Bonchev–Trinajstić information content (AvgIpc) is 3.27. The van der Waals surface area contributed by atoms with Gasteiger partial charge in [-0.1, -0.05) is 48.5 Å². The molecule has 0 spiro atoms. The molecule has 4 rings (SSSR count). The lowest BCUT2D eigenvalue weighted by Gasteiger charge is -2.17. The molecule has 0 bridgehead atoms. The zero-order chi connectivity index (χ0) is 20.4. The molecule has 0 aliphatic heterocycles. The number of carbonyl (C=O) groups is 2. The number of benzene rings is 2. The molecule has 6 nitrogen and oxygen atoms in total. The van der Waals surface area contributed by atoms with Crippen molar-refractivity contribution in [3.05, 3.63) is 83.3 Å². The van der Waals surface area contributed by atoms with E-state index in [0.29, 0.717) is 11.5 Å². The molecule has 1 heterocycles. The molecule has 0 saturated heterocycles. The molecule has 6 heteroatoms. The molecule has 0 saturated carbocycles. The van der Waals surface area contributed by atoms with E-state index in [0.717, 1.165) is 22.3 Å². The first kappa shape index (κ1) is 18.8. The van der Waals surface area contributed by atoms with Gasteiger partial charge in [-0.25, -0.2) is 4.79 Å². The van der Waals surface area contributed by atoms with Crippen molar-refractivity contribution in [1.29, 1.82) is 0 Å². The van der Waals surface area contributed by atoms with Crippen molar-refractivity contribution in [3.63, 3.8) is 0 Å². The molecule has 0 radical (unpaired) electrons. The Morgan fingerprint density at radius 2 is 1.66 bits per heavy atom. The second-order valence-corrected chi connectivity index (χ2v) is 7.07. The highest BCUT2D eigenvalue weighted by Gasteiger charge is 2.29. The van der Waals surface area contributed by atoms with E-state index in [1.807, 2.05) is 36.4 Å². The van der Waals surface area contributed by atoms with Gasteiger partial charge in [-0.05, 0) is 41.3 Å². The normalized spacial score (nSPS) is 13.4. The fourth-order valence-electron chi connectivity index (χ4n) is 3.82. The summed E-state index contributed by atoms with van der Waals surface area (Å²) in [6.07, 6.45) is -0.968. The molecular formula is C23H21NO5. The monoisotopic (exact) mass is 391 g/mol. The summed E-state index contributed by atoms with van der Waals surface area (Å²) in [5.74, 6) is -0.0666. The quantitative estimate of drug-likeness (QED) is 0.639. The molecule has 1 aromatic heterocycles. The maximum absolute atomic E-state index is 12.4. The van der Waals surface area contributed by atoms with Crippen LogP contribution >= 0.6 is 0 Å². The molecule has 3 aromatic rings. The van der Waals surface area contributed by atoms with Gasteiger partial charge in [0.1, 0.15) is 24.2 Å². The van der Waals surface area contributed by atoms with Gasteiger partial charge in [0, 0.05) is 5.92 Å². The average molecular weight is 391 g/mol. The molecule has 1 aliphatic rings. The van der Waals surface area contributed by atoms with Crippen LogP contribution in [0.25, 0.3) is 11.1 Å². The van der Waals surface area contributed by atoms with E-state index in [-0.39, 0.29) is 18.9 Å². The molecule has 1 atom stereocenters. The van der Waals surface area contributed by atoms with Gasteiger partial charge in [-0.15, -0.1) is 0 Å². The standard InChI is InChI=1S/C23H21NO5/c1-14-10-11-21(29-14)20(12-22(25)26)24-23(27)28-13-19-17-8-4-2-6-15(17)16-7-3-5-9-18(16)19/h2-11,19-20H,12-13H2,1H3,(H,24,27)(H,25,26)/t20-/m0/s1. The summed E-state index contributed by atoms with van der Waals surface area (Å²) >= 11 is 0. The van der Waals surface area contributed by atoms with Crippen LogP contribution in [-0.4, -0.2) is 23.8 Å². The maximum atomic E-state index is 12.4. The van der Waals surface area contributed by atoms with Gasteiger partial charge in [-0.2, -0.15) is 0 Å². The minimum absolute atomic E-state index is 0.0584. The van der Waals surface area contributed by atoms with Gasteiger partial charge in [0.05, 0.1) is 6.42 Å². The minimum Gasteiger partial charge on any atom is -0.481 e. The first-order valence-corrected chi connectivity index (χ1v) is 9.42. The fourth-order valence-corrected chi connectivity index (χ4v) is 3.82. The number of nitrogens with one attached hydrogen (secondary N) is 1. The number of hydrogen-bond acceptors (Lipinski definition) is 4. The molecule has 1 amide bonds. The highest BCUT2D eigenvalue weighted by atomic mass is 16.5. The van der Waals surface area contributed by atoms with Gasteiger partial charge in [0.15, 0.2) is 0 Å². The van der Waals surface area contributed by atoms with E-state index in [9.17, 15) is 9.59 Å². The number of hydrogen-bond donors (Lipinski definition) is 2. The number of carbonyl (C=O) groups excluding carboxylic acids is 1. The van der Waals surface area contributed by atoms with E-state index < -0.39 is 18.1 Å². The molecule has 2 aromatic carbocycles. The Morgan fingerprint density at radius 3 is 2.21 bits per heavy atom. The lowest BCUT2D eigenvalue weighted by Crippen LogP contribution is -2.31. The van der Waals surface area contributed by atoms with E-state index in [1.165, 1.54) is 0 Å². The van der Waals surface area contributed by atoms with Gasteiger partial charge in [-0.3, -0.25) is 4.79 Å². The van der Waals surface area contributed by atoms with E-state index in [1.54, 1.807) is 19.1 Å². The minimum atomic E-state index is -1.04. The van der Waals surface area contributed by atoms with Crippen molar-refractivity contribution < 1.29 is 23.8 Å². The highest BCUT2D eigenvalue weighted by Crippen LogP contribution is 2.44. The second kappa shape index (κ2) is 7.83. The third-order valence-corrected chi connectivity index (χ3v) is 5.12.